The van der Waals surface area contributed by atoms with Gasteiger partial charge in [0.15, 0.2) is 0 Å². The van der Waals surface area contributed by atoms with E-state index in [4.69, 9.17) is 4.74 Å². The number of ether oxygens (including phenoxy) is 1. The van der Waals surface area contributed by atoms with Gasteiger partial charge in [0.05, 0.1) is 6.54 Å². The third-order valence-electron chi connectivity index (χ3n) is 4.18. The highest BCUT2D eigenvalue weighted by molar-refractivity contribution is 5.81. The minimum atomic E-state index is -0.385. The first-order valence-corrected chi connectivity index (χ1v) is 8.88. The first-order valence-electron chi connectivity index (χ1n) is 8.88. The molecule has 1 amide bonds. The Morgan fingerprint density at radius 1 is 1.12 bits per heavy atom. The van der Waals surface area contributed by atoms with E-state index in [1.165, 1.54) is 5.56 Å². The maximum Gasteiger partial charge on any atom is 0.228 e. The van der Waals surface area contributed by atoms with Crippen LogP contribution in [-0.2, 0) is 22.6 Å². The van der Waals surface area contributed by atoms with Crippen LogP contribution in [0.1, 0.15) is 38.4 Å². The molecular formula is C21H30N2O2. The Morgan fingerprint density at radius 3 is 2.48 bits per heavy atom. The van der Waals surface area contributed by atoms with Gasteiger partial charge in [0, 0.05) is 44.1 Å². The van der Waals surface area contributed by atoms with E-state index in [1.807, 2.05) is 37.8 Å². The SMILES string of the molecule is COCCCN(Cc1cccn1Cc1ccccc1)C(=O)C(C)(C)C. The van der Waals surface area contributed by atoms with E-state index in [0.29, 0.717) is 19.7 Å². The summed E-state index contributed by atoms with van der Waals surface area (Å²) in [7, 11) is 1.70. The van der Waals surface area contributed by atoms with E-state index in [1.54, 1.807) is 7.11 Å². The number of aromatic nitrogens is 1. The zero-order valence-electron chi connectivity index (χ0n) is 15.9. The molecule has 2 rings (SSSR count). The molecule has 0 aliphatic heterocycles. The van der Waals surface area contributed by atoms with E-state index < -0.39 is 0 Å². The fraction of sp³-hybridized carbons (Fsp3) is 0.476. The second-order valence-corrected chi connectivity index (χ2v) is 7.44. The molecular weight excluding hydrogens is 312 g/mol. The summed E-state index contributed by atoms with van der Waals surface area (Å²) in [6.07, 6.45) is 2.93. The molecule has 2 aromatic rings. The Bertz CT molecular complexity index is 656. The van der Waals surface area contributed by atoms with Crippen molar-refractivity contribution in [2.24, 2.45) is 5.41 Å². The number of rotatable bonds is 8. The zero-order chi connectivity index (χ0) is 18.3. The van der Waals surface area contributed by atoms with Crippen molar-refractivity contribution in [2.45, 2.75) is 40.3 Å². The maximum atomic E-state index is 12.8. The lowest BCUT2D eigenvalue weighted by Gasteiger charge is -2.30. The van der Waals surface area contributed by atoms with Gasteiger partial charge >= 0.3 is 0 Å². The van der Waals surface area contributed by atoms with Crippen LogP contribution in [0, 0.1) is 5.41 Å². The average Bonchev–Trinajstić information content (AvgIpc) is 3.00. The number of benzene rings is 1. The predicted molar refractivity (Wildman–Crippen MR) is 101 cm³/mol. The second kappa shape index (κ2) is 8.86. The molecule has 0 unspecified atom stereocenters. The van der Waals surface area contributed by atoms with Crippen molar-refractivity contribution in [3.05, 3.63) is 59.9 Å². The molecule has 0 spiro atoms. The summed E-state index contributed by atoms with van der Waals surface area (Å²) < 4.78 is 7.37. The Kier molecular flexibility index (Phi) is 6.82. The van der Waals surface area contributed by atoms with Gasteiger partial charge in [0.1, 0.15) is 0 Å². The highest BCUT2D eigenvalue weighted by Crippen LogP contribution is 2.20. The fourth-order valence-corrected chi connectivity index (χ4v) is 2.85. The van der Waals surface area contributed by atoms with Gasteiger partial charge in [-0.05, 0) is 24.1 Å². The van der Waals surface area contributed by atoms with Gasteiger partial charge < -0.3 is 14.2 Å². The van der Waals surface area contributed by atoms with Crippen LogP contribution in [0.5, 0.6) is 0 Å². The van der Waals surface area contributed by atoms with Gasteiger partial charge in [-0.1, -0.05) is 51.1 Å². The topological polar surface area (TPSA) is 34.5 Å². The van der Waals surface area contributed by atoms with Gasteiger partial charge in [-0.2, -0.15) is 0 Å². The third-order valence-corrected chi connectivity index (χ3v) is 4.18. The maximum absolute atomic E-state index is 12.8. The molecule has 0 saturated carbocycles. The highest BCUT2D eigenvalue weighted by Gasteiger charge is 2.27. The van der Waals surface area contributed by atoms with Crippen molar-refractivity contribution in [3.8, 4) is 0 Å². The molecule has 0 N–H and O–H groups in total. The van der Waals surface area contributed by atoms with E-state index in [9.17, 15) is 4.79 Å². The minimum Gasteiger partial charge on any atom is -0.385 e. The van der Waals surface area contributed by atoms with E-state index >= 15 is 0 Å². The molecule has 1 aromatic heterocycles. The van der Waals surface area contributed by atoms with Crippen LogP contribution in [0.3, 0.4) is 0 Å². The fourth-order valence-electron chi connectivity index (χ4n) is 2.85. The van der Waals surface area contributed by atoms with Crippen molar-refractivity contribution in [1.29, 1.82) is 0 Å². The summed E-state index contributed by atoms with van der Waals surface area (Å²) in [6.45, 7) is 8.74. The van der Waals surface area contributed by atoms with E-state index in [2.05, 4.69) is 41.1 Å². The molecule has 4 nitrogen and oxygen atoms in total. The lowest BCUT2D eigenvalue weighted by molar-refractivity contribution is -0.140. The van der Waals surface area contributed by atoms with Crippen LogP contribution < -0.4 is 0 Å². The summed E-state index contributed by atoms with van der Waals surface area (Å²) in [5.74, 6) is 0.177. The molecule has 25 heavy (non-hydrogen) atoms. The predicted octanol–water partition coefficient (Wildman–Crippen LogP) is 3.95. The number of hydrogen-bond acceptors (Lipinski definition) is 2. The quantitative estimate of drug-likeness (QED) is 0.681. The van der Waals surface area contributed by atoms with Crippen LogP contribution in [0.2, 0.25) is 0 Å². The summed E-state index contributed by atoms with van der Waals surface area (Å²) in [6, 6.07) is 14.5. The molecule has 0 bridgehead atoms. The van der Waals surface area contributed by atoms with Gasteiger partial charge in [-0.3, -0.25) is 4.79 Å². The van der Waals surface area contributed by atoms with Crippen molar-refractivity contribution in [1.82, 2.24) is 9.47 Å². The number of carbonyl (C=O) groups excluding carboxylic acids is 1. The lowest BCUT2D eigenvalue weighted by Crippen LogP contribution is -2.40. The lowest BCUT2D eigenvalue weighted by atomic mass is 9.94. The Morgan fingerprint density at radius 2 is 1.84 bits per heavy atom. The van der Waals surface area contributed by atoms with Crippen LogP contribution in [-0.4, -0.2) is 35.6 Å². The molecule has 1 aromatic carbocycles. The smallest absolute Gasteiger partial charge is 0.228 e. The number of carbonyl (C=O) groups is 1. The average molecular weight is 342 g/mol. The molecule has 136 valence electrons. The number of hydrogen-bond donors (Lipinski definition) is 0. The molecule has 0 aliphatic rings. The Balaban J connectivity index is 2.13. The van der Waals surface area contributed by atoms with Gasteiger partial charge in [-0.15, -0.1) is 0 Å². The van der Waals surface area contributed by atoms with E-state index in [0.717, 1.165) is 18.7 Å². The standard InChI is InChI=1S/C21H30N2O2/c1-21(2,3)20(24)23(14-9-15-25-4)17-19-12-8-13-22(19)16-18-10-6-5-7-11-18/h5-8,10-13H,9,14-17H2,1-4H3. The normalized spacial score (nSPS) is 11.5. The molecule has 1 heterocycles. The zero-order valence-corrected chi connectivity index (χ0v) is 15.9. The van der Waals surface area contributed by atoms with Gasteiger partial charge in [0.25, 0.3) is 0 Å². The first-order chi connectivity index (χ1) is 11.9. The minimum absolute atomic E-state index is 0.177. The summed E-state index contributed by atoms with van der Waals surface area (Å²) in [4.78, 5) is 14.8. The van der Waals surface area contributed by atoms with Crippen LogP contribution in [0.25, 0.3) is 0 Å². The van der Waals surface area contributed by atoms with Crippen LogP contribution >= 0.6 is 0 Å². The molecule has 0 fully saturated rings. The van der Waals surface area contributed by atoms with Crippen molar-refractivity contribution >= 4 is 5.91 Å². The van der Waals surface area contributed by atoms with Crippen molar-refractivity contribution in [3.63, 3.8) is 0 Å². The van der Waals surface area contributed by atoms with Crippen molar-refractivity contribution < 1.29 is 9.53 Å². The van der Waals surface area contributed by atoms with Crippen molar-refractivity contribution in [2.75, 3.05) is 20.3 Å². The molecule has 0 radical (unpaired) electrons. The number of methoxy groups -OCH3 is 1. The highest BCUT2D eigenvalue weighted by atomic mass is 16.5. The van der Waals surface area contributed by atoms with Crippen LogP contribution in [0.4, 0.5) is 0 Å². The Labute approximate surface area is 151 Å². The first kappa shape index (κ1) is 19.3. The summed E-state index contributed by atoms with van der Waals surface area (Å²) in [5.41, 5.74) is 2.02. The largest absolute Gasteiger partial charge is 0.385 e. The van der Waals surface area contributed by atoms with Crippen LogP contribution in [0.15, 0.2) is 48.7 Å². The number of amides is 1. The summed E-state index contributed by atoms with van der Waals surface area (Å²) in [5, 5.41) is 0. The second-order valence-electron chi connectivity index (χ2n) is 7.44. The molecule has 0 aliphatic carbocycles. The van der Waals surface area contributed by atoms with Gasteiger partial charge in [-0.25, -0.2) is 0 Å². The molecule has 0 saturated heterocycles. The third kappa shape index (κ3) is 5.75. The summed E-state index contributed by atoms with van der Waals surface area (Å²) >= 11 is 0. The molecule has 4 heteroatoms. The number of nitrogens with zero attached hydrogens (tertiary/aromatic N) is 2. The molecule has 0 atom stereocenters. The monoisotopic (exact) mass is 342 g/mol. The van der Waals surface area contributed by atoms with E-state index in [-0.39, 0.29) is 11.3 Å². The van der Waals surface area contributed by atoms with Gasteiger partial charge in [0.2, 0.25) is 5.91 Å². The Hall–Kier alpha value is -2.07.